The molecule has 0 aliphatic carbocycles. The van der Waals surface area contributed by atoms with Gasteiger partial charge in [0.15, 0.2) is 0 Å². The Kier molecular flexibility index (Phi) is 6.31. The number of hydrogen-bond acceptors (Lipinski definition) is 8. The summed E-state index contributed by atoms with van der Waals surface area (Å²) in [6.45, 7) is 9.63. The minimum Gasteiger partial charge on any atom is -0.493 e. The lowest BCUT2D eigenvalue weighted by molar-refractivity contribution is -0.142. The molecule has 38 heavy (non-hydrogen) atoms. The molecule has 9 nitrogen and oxygen atoms in total. The van der Waals surface area contributed by atoms with Crippen molar-refractivity contribution in [2.75, 3.05) is 49.7 Å². The Morgan fingerprint density at radius 3 is 2.55 bits per heavy atom. The van der Waals surface area contributed by atoms with E-state index in [1.54, 1.807) is 6.92 Å². The van der Waals surface area contributed by atoms with Crippen molar-refractivity contribution in [2.45, 2.75) is 32.7 Å². The molecule has 6 rings (SSSR count). The van der Waals surface area contributed by atoms with Crippen molar-refractivity contribution < 1.29 is 24.1 Å². The summed E-state index contributed by atoms with van der Waals surface area (Å²) in [6.07, 6.45) is 0. The van der Waals surface area contributed by atoms with Gasteiger partial charge in [0.1, 0.15) is 18.1 Å². The molecule has 1 aromatic heterocycles. The molecule has 1 fully saturated rings. The minimum atomic E-state index is -0.809. The first-order valence-corrected chi connectivity index (χ1v) is 13.1. The van der Waals surface area contributed by atoms with Crippen molar-refractivity contribution in [3.63, 3.8) is 0 Å². The number of fused-ring (bicyclic) bond motifs is 2. The number of anilines is 2. The molecule has 2 aromatic carbocycles. The number of para-hydroxylation sites is 1. The Morgan fingerprint density at radius 2 is 1.82 bits per heavy atom. The van der Waals surface area contributed by atoms with Crippen molar-refractivity contribution in [2.24, 2.45) is 5.92 Å². The molecule has 0 saturated carbocycles. The van der Waals surface area contributed by atoms with E-state index >= 15 is 0 Å². The number of rotatable bonds is 6. The summed E-state index contributed by atoms with van der Waals surface area (Å²) in [6, 6.07) is 12.1. The fraction of sp³-hybridized carbons (Fsp3) is 0.414. The molecule has 1 saturated heterocycles. The number of aryl methyl sites for hydroxylation is 2. The van der Waals surface area contributed by atoms with Gasteiger partial charge in [-0.2, -0.15) is 0 Å². The third kappa shape index (κ3) is 4.30. The van der Waals surface area contributed by atoms with E-state index in [4.69, 9.17) is 24.2 Å². The van der Waals surface area contributed by atoms with E-state index in [0.29, 0.717) is 26.4 Å². The zero-order valence-corrected chi connectivity index (χ0v) is 21.9. The molecule has 3 aliphatic heterocycles. The largest absolute Gasteiger partial charge is 0.493 e. The maximum Gasteiger partial charge on any atom is 0.306 e. The number of morpholine rings is 1. The Bertz CT molecular complexity index is 1360. The van der Waals surface area contributed by atoms with Crippen LogP contribution >= 0.6 is 0 Å². The fourth-order valence-corrected chi connectivity index (χ4v) is 5.67. The average Bonchev–Trinajstić information content (AvgIpc) is 3.53. The first-order chi connectivity index (χ1) is 18.4. The molecule has 0 amide bonds. The van der Waals surface area contributed by atoms with E-state index in [0.717, 1.165) is 69.9 Å². The summed E-state index contributed by atoms with van der Waals surface area (Å²) in [7, 11) is 0. The van der Waals surface area contributed by atoms with Gasteiger partial charge in [0.05, 0.1) is 43.2 Å². The van der Waals surface area contributed by atoms with Crippen LogP contribution < -0.4 is 19.7 Å². The zero-order valence-electron chi connectivity index (χ0n) is 21.9. The SMILES string of the molecule is Cc1nc(N2CCOCC2)nc(C)c1-c1cccc2c1OC[C@H]2Nc1ccc2c(c1)OC[C@H]2C(C)C(=O)O. The minimum absolute atomic E-state index is 0.0349. The monoisotopic (exact) mass is 516 g/mol. The predicted molar refractivity (Wildman–Crippen MR) is 143 cm³/mol. The third-order valence-corrected chi connectivity index (χ3v) is 7.80. The van der Waals surface area contributed by atoms with Crippen molar-refractivity contribution >= 4 is 17.6 Å². The van der Waals surface area contributed by atoms with Gasteiger partial charge in [-0.05, 0) is 19.9 Å². The van der Waals surface area contributed by atoms with Gasteiger partial charge in [-0.25, -0.2) is 9.97 Å². The Labute approximate surface area is 221 Å². The van der Waals surface area contributed by atoms with Gasteiger partial charge in [0.25, 0.3) is 0 Å². The number of carbonyl (C=O) groups is 1. The molecule has 2 N–H and O–H groups in total. The second kappa shape index (κ2) is 9.79. The maximum absolute atomic E-state index is 11.5. The number of benzene rings is 2. The Morgan fingerprint density at radius 1 is 1.05 bits per heavy atom. The highest BCUT2D eigenvalue weighted by Crippen LogP contribution is 2.45. The number of nitrogens with zero attached hydrogens (tertiary/aromatic N) is 3. The number of hydrogen-bond donors (Lipinski definition) is 2. The van der Waals surface area contributed by atoms with Crippen LogP contribution in [0.25, 0.3) is 11.1 Å². The molecule has 0 bridgehead atoms. The number of aliphatic carboxylic acids is 1. The average molecular weight is 517 g/mol. The highest BCUT2D eigenvalue weighted by atomic mass is 16.5. The zero-order chi connectivity index (χ0) is 26.4. The fourth-order valence-electron chi connectivity index (χ4n) is 5.67. The standard InChI is InChI=1S/C29H32N4O5/c1-16(28(34)35)23-14-37-25-13-19(7-8-20(23)25)32-24-15-38-27-21(24)5-4-6-22(27)26-17(2)30-29(31-18(26)3)33-9-11-36-12-10-33/h4-8,13,16,23-24,32H,9-12,14-15H2,1-3H3,(H,34,35)/t16?,23-,24+/m0/s1. The molecule has 3 atom stereocenters. The van der Waals surface area contributed by atoms with Crippen LogP contribution in [0, 0.1) is 19.8 Å². The van der Waals surface area contributed by atoms with Crippen LogP contribution in [0.3, 0.4) is 0 Å². The molecule has 3 aromatic rings. The highest BCUT2D eigenvalue weighted by Gasteiger charge is 2.34. The van der Waals surface area contributed by atoms with Crippen LogP contribution in [-0.2, 0) is 9.53 Å². The van der Waals surface area contributed by atoms with Crippen LogP contribution in [-0.4, -0.2) is 60.6 Å². The van der Waals surface area contributed by atoms with E-state index in [9.17, 15) is 9.90 Å². The Hall–Kier alpha value is -3.85. The molecule has 0 spiro atoms. The van der Waals surface area contributed by atoms with Gasteiger partial charge in [-0.3, -0.25) is 4.79 Å². The van der Waals surface area contributed by atoms with Crippen LogP contribution in [0.4, 0.5) is 11.6 Å². The van der Waals surface area contributed by atoms with E-state index in [1.165, 1.54) is 0 Å². The summed E-state index contributed by atoms with van der Waals surface area (Å²) >= 11 is 0. The lowest BCUT2D eigenvalue weighted by atomic mass is 9.89. The molecular weight excluding hydrogens is 484 g/mol. The Balaban J connectivity index is 1.25. The van der Waals surface area contributed by atoms with E-state index < -0.39 is 11.9 Å². The second-order valence-corrected chi connectivity index (χ2v) is 10.2. The van der Waals surface area contributed by atoms with Crippen molar-refractivity contribution in [3.05, 3.63) is 58.9 Å². The molecule has 0 radical (unpaired) electrons. The first-order valence-electron chi connectivity index (χ1n) is 13.1. The second-order valence-electron chi connectivity index (χ2n) is 10.2. The number of carboxylic acids is 1. The van der Waals surface area contributed by atoms with Crippen molar-refractivity contribution in [1.82, 2.24) is 9.97 Å². The molecule has 9 heteroatoms. The maximum atomic E-state index is 11.5. The quantitative estimate of drug-likeness (QED) is 0.495. The van der Waals surface area contributed by atoms with E-state index in [2.05, 4.69) is 28.4 Å². The molecule has 3 aliphatic rings. The number of carboxylic acid groups (broad SMARTS) is 1. The number of ether oxygens (including phenoxy) is 3. The number of nitrogens with one attached hydrogen (secondary N) is 1. The summed E-state index contributed by atoms with van der Waals surface area (Å²) in [5.74, 6) is 0.895. The normalized spacial score (nSPS) is 20.8. The van der Waals surface area contributed by atoms with Gasteiger partial charge in [-0.1, -0.05) is 31.2 Å². The smallest absolute Gasteiger partial charge is 0.306 e. The first kappa shape index (κ1) is 24.5. The highest BCUT2D eigenvalue weighted by molar-refractivity contribution is 5.77. The lowest BCUT2D eigenvalue weighted by Crippen LogP contribution is -2.37. The van der Waals surface area contributed by atoms with Crippen LogP contribution in [0.15, 0.2) is 36.4 Å². The van der Waals surface area contributed by atoms with E-state index in [-0.39, 0.29) is 12.0 Å². The molecular formula is C29H32N4O5. The molecule has 4 heterocycles. The van der Waals surface area contributed by atoms with Gasteiger partial charge < -0.3 is 29.5 Å². The summed E-state index contributed by atoms with van der Waals surface area (Å²) in [5, 5.41) is 13.0. The van der Waals surface area contributed by atoms with Crippen molar-refractivity contribution in [1.29, 1.82) is 0 Å². The van der Waals surface area contributed by atoms with Gasteiger partial charge >= 0.3 is 5.97 Å². The summed E-state index contributed by atoms with van der Waals surface area (Å²) in [5.41, 5.74) is 6.79. The summed E-state index contributed by atoms with van der Waals surface area (Å²) in [4.78, 5) is 23.3. The van der Waals surface area contributed by atoms with Gasteiger partial charge in [-0.15, -0.1) is 0 Å². The van der Waals surface area contributed by atoms with Gasteiger partial charge in [0, 0.05) is 53.0 Å². The van der Waals surface area contributed by atoms with Crippen LogP contribution in [0.2, 0.25) is 0 Å². The third-order valence-electron chi connectivity index (χ3n) is 7.80. The number of aromatic nitrogens is 2. The van der Waals surface area contributed by atoms with Gasteiger partial charge in [0.2, 0.25) is 5.95 Å². The summed E-state index contributed by atoms with van der Waals surface area (Å²) < 4.78 is 17.6. The lowest BCUT2D eigenvalue weighted by Gasteiger charge is -2.27. The van der Waals surface area contributed by atoms with Crippen LogP contribution in [0.5, 0.6) is 11.5 Å². The van der Waals surface area contributed by atoms with Crippen LogP contribution in [0.1, 0.15) is 41.4 Å². The van der Waals surface area contributed by atoms with E-state index in [1.807, 2.05) is 32.0 Å². The molecule has 1 unspecified atom stereocenters. The van der Waals surface area contributed by atoms with Crippen molar-refractivity contribution in [3.8, 4) is 22.6 Å². The molecule has 198 valence electrons. The predicted octanol–water partition coefficient (Wildman–Crippen LogP) is 4.34. The topological polar surface area (TPSA) is 106 Å².